The molecule has 84 valence electrons. The van der Waals surface area contributed by atoms with E-state index in [9.17, 15) is 4.79 Å². The Morgan fingerprint density at radius 3 is 2.94 bits per heavy atom. The minimum Gasteiger partial charge on any atom is -0.478 e. The average molecular weight is 219 g/mol. The highest BCUT2D eigenvalue weighted by Gasteiger charge is 2.08. The van der Waals surface area contributed by atoms with Crippen molar-refractivity contribution in [3.05, 3.63) is 23.4 Å². The van der Waals surface area contributed by atoms with E-state index in [-0.39, 0.29) is 5.56 Å². The molecule has 0 radical (unpaired) electrons. The van der Waals surface area contributed by atoms with E-state index in [1.807, 2.05) is 6.92 Å². The summed E-state index contributed by atoms with van der Waals surface area (Å²) in [6.07, 6.45) is 6.21. The second-order valence-electron chi connectivity index (χ2n) is 3.15. The highest BCUT2D eigenvalue weighted by atomic mass is 16.5. The molecule has 0 aliphatic heterocycles. The Balaban J connectivity index is 2.87. The van der Waals surface area contributed by atoms with Gasteiger partial charge in [-0.1, -0.05) is 6.92 Å². The fourth-order valence-electron chi connectivity index (χ4n) is 1.15. The van der Waals surface area contributed by atoms with Gasteiger partial charge in [-0.25, -0.2) is 9.78 Å². The molecule has 0 bridgehead atoms. The summed E-state index contributed by atoms with van der Waals surface area (Å²) in [7, 11) is 0. The molecule has 0 aliphatic carbocycles. The van der Waals surface area contributed by atoms with Gasteiger partial charge in [-0.2, -0.15) is 0 Å². The molecule has 0 spiro atoms. The molecule has 1 aromatic heterocycles. The van der Waals surface area contributed by atoms with Crippen molar-refractivity contribution in [1.82, 2.24) is 4.98 Å². The zero-order valence-electron chi connectivity index (χ0n) is 9.06. The maximum Gasteiger partial charge on any atom is 0.335 e. The molecular weight excluding hydrogens is 206 g/mol. The molecule has 0 aromatic carbocycles. The Bertz CT molecular complexity index is 421. The first-order chi connectivity index (χ1) is 7.67. The number of aromatic nitrogens is 1. The predicted molar refractivity (Wildman–Crippen MR) is 59.5 cm³/mol. The molecule has 16 heavy (non-hydrogen) atoms. The van der Waals surface area contributed by atoms with Crippen LogP contribution in [0.5, 0.6) is 5.88 Å². The smallest absolute Gasteiger partial charge is 0.335 e. The molecule has 0 amide bonds. The third-order valence-corrected chi connectivity index (χ3v) is 1.96. The third-order valence-electron chi connectivity index (χ3n) is 1.96. The van der Waals surface area contributed by atoms with E-state index in [0.29, 0.717) is 31.0 Å². The molecule has 1 aromatic rings. The van der Waals surface area contributed by atoms with Gasteiger partial charge in [0.25, 0.3) is 0 Å². The number of hydrogen-bond acceptors (Lipinski definition) is 3. The van der Waals surface area contributed by atoms with Gasteiger partial charge < -0.3 is 9.84 Å². The SMILES string of the molecule is C#CCCOc1cc(C(=O)O)cc(CC)n1. The van der Waals surface area contributed by atoms with Crippen LogP contribution in [0.3, 0.4) is 0 Å². The molecule has 0 unspecified atom stereocenters. The second kappa shape index (κ2) is 5.76. The molecule has 0 atom stereocenters. The van der Waals surface area contributed by atoms with Gasteiger partial charge in [-0.05, 0) is 12.5 Å². The first kappa shape index (κ1) is 12.1. The number of aromatic carboxylic acids is 1. The highest BCUT2D eigenvalue weighted by molar-refractivity contribution is 5.88. The molecule has 0 aliphatic rings. The van der Waals surface area contributed by atoms with E-state index in [1.54, 1.807) is 0 Å². The van der Waals surface area contributed by atoms with E-state index in [2.05, 4.69) is 10.9 Å². The summed E-state index contributed by atoms with van der Waals surface area (Å²) >= 11 is 0. The number of carbonyl (C=O) groups is 1. The van der Waals surface area contributed by atoms with Crippen molar-refractivity contribution in [1.29, 1.82) is 0 Å². The number of pyridine rings is 1. The molecule has 4 nitrogen and oxygen atoms in total. The topological polar surface area (TPSA) is 59.4 Å². The van der Waals surface area contributed by atoms with Gasteiger partial charge in [-0.3, -0.25) is 0 Å². The maximum atomic E-state index is 10.8. The van der Waals surface area contributed by atoms with Crippen molar-refractivity contribution < 1.29 is 14.6 Å². The Kier molecular flexibility index (Phi) is 4.34. The lowest BCUT2D eigenvalue weighted by Gasteiger charge is -2.06. The molecular formula is C12H13NO3. The van der Waals surface area contributed by atoms with Crippen LogP contribution >= 0.6 is 0 Å². The first-order valence-corrected chi connectivity index (χ1v) is 4.98. The number of ether oxygens (including phenoxy) is 1. The predicted octanol–water partition coefficient (Wildman–Crippen LogP) is 1.74. The zero-order valence-corrected chi connectivity index (χ0v) is 9.06. The van der Waals surface area contributed by atoms with Crippen molar-refractivity contribution in [3.63, 3.8) is 0 Å². The summed E-state index contributed by atoms with van der Waals surface area (Å²) in [5.41, 5.74) is 0.873. The Labute approximate surface area is 94.3 Å². The number of hydrogen-bond donors (Lipinski definition) is 1. The quantitative estimate of drug-likeness (QED) is 0.605. The first-order valence-electron chi connectivity index (χ1n) is 4.98. The number of rotatable bonds is 5. The van der Waals surface area contributed by atoms with Crippen molar-refractivity contribution in [3.8, 4) is 18.2 Å². The molecule has 1 heterocycles. The summed E-state index contributed by atoms with van der Waals surface area (Å²) in [6, 6.07) is 2.94. The van der Waals surface area contributed by atoms with E-state index in [0.717, 1.165) is 0 Å². The van der Waals surface area contributed by atoms with Gasteiger partial charge in [0.05, 0.1) is 5.56 Å². The summed E-state index contributed by atoms with van der Waals surface area (Å²) in [4.78, 5) is 15.0. The minimum atomic E-state index is -0.987. The number of carboxylic acid groups (broad SMARTS) is 1. The van der Waals surface area contributed by atoms with Gasteiger partial charge in [0.15, 0.2) is 0 Å². The lowest BCUT2D eigenvalue weighted by Crippen LogP contribution is -2.04. The van der Waals surface area contributed by atoms with Crippen molar-refractivity contribution >= 4 is 5.97 Å². The highest BCUT2D eigenvalue weighted by Crippen LogP contribution is 2.13. The Morgan fingerprint density at radius 1 is 1.62 bits per heavy atom. The van der Waals surface area contributed by atoms with Crippen LogP contribution < -0.4 is 4.74 Å². The second-order valence-corrected chi connectivity index (χ2v) is 3.15. The van der Waals surface area contributed by atoms with Crippen molar-refractivity contribution in [2.75, 3.05) is 6.61 Å². The maximum absolute atomic E-state index is 10.8. The Hall–Kier alpha value is -2.02. The van der Waals surface area contributed by atoms with Crippen molar-refractivity contribution in [2.24, 2.45) is 0 Å². The van der Waals surface area contributed by atoms with Gasteiger partial charge in [0.2, 0.25) is 5.88 Å². The molecule has 0 saturated carbocycles. The van der Waals surface area contributed by atoms with Crippen LogP contribution in [-0.4, -0.2) is 22.7 Å². The van der Waals surface area contributed by atoms with E-state index in [1.165, 1.54) is 12.1 Å². The van der Waals surface area contributed by atoms with Crippen LogP contribution in [0.1, 0.15) is 29.4 Å². The van der Waals surface area contributed by atoms with Crippen LogP contribution in [0.2, 0.25) is 0 Å². The van der Waals surface area contributed by atoms with Crippen LogP contribution in [0.4, 0.5) is 0 Å². The molecule has 1 N–H and O–H groups in total. The lowest BCUT2D eigenvalue weighted by atomic mass is 10.2. The molecule has 1 rings (SSSR count). The lowest BCUT2D eigenvalue weighted by molar-refractivity contribution is 0.0696. The molecule has 4 heteroatoms. The monoisotopic (exact) mass is 219 g/mol. The normalized spacial score (nSPS) is 9.50. The van der Waals surface area contributed by atoms with E-state index in [4.69, 9.17) is 16.3 Å². The largest absolute Gasteiger partial charge is 0.478 e. The van der Waals surface area contributed by atoms with E-state index < -0.39 is 5.97 Å². The average Bonchev–Trinajstić information content (AvgIpc) is 2.29. The third kappa shape index (κ3) is 3.28. The van der Waals surface area contributed by atoms with Crippen LogP contribution in [0.15, 0.2) is 12.1 Å². The van der Waals surface area contributed by atoms with E-state index >= 15 is 0 Å². The summed E-state index contributed by atoms with van der Waals surface area (Å²) < 4.78 is 5.26. The minimum absolute atomic E-state index is 0.183. The van der Waals surface area contributed by atoms with Crippen LogP contribution in [0.25, 0.3) is 0 Å². The summed E-state index contributed by atoms with van der Waals surface area (Å²) in [5.74, 6) is 1.76. The Morgan fingerprint density at radius 2 is 2.38 bits per heavy atom. The number of aryl methyl sites for hydroxylation is 1. The fourth-order valence-corrected chi connectivity index (χ4v) is 1.15. The fraction of sp³-hybridized carbons (Fsp3) is 0.333. The number of nitrogens with zero attached hydrogens (tertiary/aromatic N) is 1. The number of carboxylic acids is 1. The van der Waals surface area contributed by atoms with Crippen molar-refractivity contribution in [2.45, 2.75) is 19.8 Å². The summed E-state index contributed by atoms with van der Waals surface area (Å²) in [6.45, 7) is 2.24. The van der Waals surface area contributed by atoms with Gasteiger partial charge >= 0.3 is 5.97 Å². The summed E-state index contributed by atoms with van der Waals surface area (Å²) in [5, 5.41) is 8.89. The van der Waals surface area contributed by atoms with Gasteiger partial charge in [0.1, 0.15) is 6.61 Å². The molecule has 0 fully saturated rings. The van der Waals surface area contributed by atoms with Crippen LogP contribution in [0, 0.1) is 12.3 Å². The van der Waals surface area contributed by atoms with Crippen LogP contribution in [-0.2, 0) is 6.42 Å². The number of terminal acetylenes is 1. The van der Waals surface area contributed by atoms with Gasteiger partial charge in [0, 0.05) is 18.2 Å². The van der Waals surface area contributed by atoms with Gasteiger partial charge in [-0.15, -0.1) is 12.3 Å². The zero-order chi connectivity index (χ0) is 12.0. The standard InChI is InChI=1S/C12H13NO3/c1-3-5-6-16-11-8-9(12(14)15)7-10(4-2)13-11/h1,7-8H,4-6H2,2H3,(H,14,15). The molecule has 0 saturated heterocycles.